The predicted octanol–water partition coefficient (Wildman–Crippen LogP) is 2.47. The molecule has 2 nitrogen and oxygen atoms in total. The van der Waals surface area contributed by atoms with Crippen molar-refractivity contribution in [2.45, 2.75) is 25.1 Å². The van der Waals surface area contributed by atoms with Crippen molar-refractivity contribution in [2.75, 3.05) is 5.75 Å². The number of rotatable bonds is 5. The molecule has 0 aliphatic heterocycles. The van der Waals surface area contributed by atoms with E-state index >= 15 is 0 Å². The maximum Gasteiger partial charge on any atom is 0.123 e. The van der Waals surface area contributed by atoms with Crippen LogP contribution in [0.1, 0.15) is 18.9 Å². The van der Waals surface area contributed by atoms with Gasteiger partial charge < -0.3 is 5.73 Å². The van der Waals surface area contributed by atoms with Gasteiger partial charge in [-0.2, -0.15) is 0 Å². The van der Waals surface area contributed by atoms with Crippen LogP contribution in [0.2, 0.25) is 5.02 Å². The van der Waals surface area contributed by atoms with Gasteiger partial charge in [0.05, 0.1) is 5.75 Å². The Bertz CT molecular complexity index is 386. The van der Waals surface area contributed by atoms with Gasteiger partial charge in [0.1, 0.15) is 5.82 Å². The molecule has 16 heavy (non-hydrogen) atoms. The van der Waals surface area contributed by atoms with E-state index < -0.39 is 10.8 Å². The first-order valence-electron chi connectivity index (χ1n) is 5.07. The third kappa shape index (κ3) is 4.20. The van der Waals surface area contributed by atoms with Crippen molar-refractivity contribution in [3.8, 4) is 0 Å². The lowest BCUT2D eigenvalue weighted by Gasteiger charge is -2.09. The fraction of sp³-hybridized carbons (Fsp3) is 0.455. The zero-order valence-electron chi connectivity index (χ0n) is 9.08. The molecular weight excluding hydrogens is 249 g/mol. The highest BCUT2D eigenvalue weighted by Crippen LogP contribution is 2.18. The highest BCUT2D eigenvalue weighted by Gasteiger charge is 2.10. The molecule has 0 aliphatic rings. The topological polar surface area (TPSA) is 43.1 Å². The van der Waals surface area contributed by atoms with Crippen LogP contribution in [0.4, 0.5) is 4.39 Å². The summed E-state index contributed by atoms with van der Waals surface area (Å²) in [5.74, 6) is 0.310. The largest absolute Gasteiger partial charge is 0.327 e. The van der Waals surface area contributed by atoms with Gasteiger partial charge in [-0.3, -0.25) is 4.21 Å². The third-order valence-corrected chi connectivity index (χ3v) is 4.05. The van der Waals surface area contributed by atoms with Crippen LogP contribution >= 0.6 is 11.6 Å². The van der Waals surface area contributed by atoms with Crippen molar-refractivity contribution in [1.82, 2.24) is 0 Å². The Morgan fingerprint density at radius 3 is 2.88 bits per heavy atom. The standard InChI is InChI=1S/C11H15ClFNOS/c1-2-10(14)7-16(15)6-8-5-9(13)3-4-11(8)12/h3-5,10H,2,6-7,14H2,1H3. The minimum absolute atomic E-state index is 0.0758. The smallest absolute Gasteiger partial charge is 0.123 e. The van der Waals surface area contributed by atoms with Crippen molar-refractivity contribution >= 4 is 22.4 Å². The molecule has 5 heteroatoms. The van der Waals surface area contributed by atoms with Gasteiger partial charge in [0.15, 0.2) is 0 Å². The first kappa shape index (κ1) is 13.6. The third-order valence-electron chi connectivity index (χ3n) is 2.25. The number of halogens is 2. The summed E-state index contributed by atoms with van der Waals surface area (Å²) in [6, 6.07) is 4.00. The molecule has 2 atom stereocenters. The van der Waals surface area contributed by atoms with Gasteiger partial charge >= 0.3 is 0 Å². The molecule has 1 aromatic rings. The maximum atomic E-state index is 12.9. The molecule has 90 valence electrons. The molecule has 0 bridgehead atoms. The number of nitrogens with two attached hydrogens (primary N) is 1. The second-order valence-electron chi connectivity index (χ2n) is 3.65. The van der Waals surface area contributed by atoms with Crippen molar-refractivity contribution in [3.05, 3.63) is 34.6 Å². The first-order chi connectivity index (χ1) is 7.52. The molecule has 0 saturated heterocycles. The minimum atomic E-state index is -1.10. The number of hydrogen-bond donors (Lipinski definition) is 1. The summed E-state index contributed by atoms with van der Waals surface area (Å²) in [6.45, 7) is 1.94. The van der Waals surface area contributed by atoms with Gasteiger partial charge in [0.25, 0.3) is 0 Å². The lowest BCUT2D eigenvalue weighted by Crippen LogP contribution is -2.26. The van der Waals surface area contributed by atoms with E-state index in [2.05, 4.69) is 0 Å². The Balaban J connectivity index is 2.65. The average molecular weight is 264 g/mol. The monoisotopic (exact) mass is 263 g/mol. The Kier molecular flexibility index (Phi) is 5.38. The van der Waals surface area contributed by atoms with E-state index in [4.69, 9.17) is 17.3 Å². The quantitative estimate of drug-likeness (QED) is 0.887. The highest BCUT2D eigenvalue weighted by molar-refractivity contribution is 7.84. The first-order valence-corrected chi connectivity index (χ1v) is 6.94. The molecule has 2 N–H and O–H groups in total. The summed E-state index contributed by atoms with van der Waals surface area (Å²) in [4.78, 5) is 0. The van der Waals surface area contributed by atoms with Crippen LogP contribution < -0.4 is 5.73 Å². The van der Waals surface area contributed by atoms with Crippen molar-refractivity contribution in [3.63, 3.8) is 0 Å². The molecule has 0 amide bonds. The Morgan fingerprint density at radius 2 is 2.25 bits per heavy atom. The van der Waals surface area contributed by atoms with E-state index in [1.54, 1.807) is 0 Å². The molecule has 2 unspecified atom stereocenters. The predicted molar refractivity (Wildman–Crippen MR) is 66.4 cm³/mol. The summed E-state index contributed by atoms with van der Waals surface area (Å²) < 4.78 is 24.6. The fourth-order valence-electron chi connectivity index (χ4n) is 1.24. The lowest BCUT2D eigenvalue weighted by atomic mass is 10.2. The van der Waals surface area contributed by atoms with Gasteiger partial charge in [-0.1, -0.05) is 18.5 Å². The summed E-state index contributed by atoms with van der Waals surface area (Å²) in [5.41, 5.74) is 6.27. The zero-order chi connectivity index (χ0) is 12.1. The molecular formula is C11H15ClFNOS. The maximum absolute atomic E-state index is 12.9. The van der Waals surface area contributed by atoms with Crippen LogP contribution in [0.5, 0.6) is 0 Å². The Hall–Kier alpha value is -0.450. The summed E-state index contributed by atoms with van der Waals surface area (Å²) >= 11 is 5.88. The molecule has 0 fully saturated rings. The van der Waals surface area contributed by atoms with E-state index in [0.717, 1.165) is 6.42 Å². The van der Waals surface area contributed by atoms with Crippen LogP contribution in [-0.2, 0) is 16.6 Å². The molecule has 0 aliphatic carbocycles. The van der Waals surface area contributed by atoms with Crippen LogP contribution in [-0.4, -0.2) is 16.0 Å². The van der Waals surface area contributed by atoms with Crippen LogP contribution in [0.3, 0.4) is 0 Å². The lowest BCUT2D eigenvalue weighted by molar-refractivity contribution is 0.626. The molecule has 1 aromatic carbocycles. The van der Waals surface area contributed by atoms with Gasteiger partial charge in [-0.15, -0.1) is 0 Å². The number of hydrogen-bond acceptors (Lipinski definition) is 2. The summed E-state index contributed by atoms with van der Waals surface area (Å²) in [6.07, 6.45) is 0.780. The van der Waals surface area contributed by atoms with Gasteiger partial charge in [0.2, 0.25) is 0 Å². The SMILES string of the molecule is CCC(N)CS(=O)Cc1cc(F)ccc1Cl. The molecule has 0 radical (unpaired) electrons. The molecule has 1 rings (SSSR count). The van der Waals surface area contributed by atoms with E-state index in [9.17, 15) is 8.60 Å². The normalized spacial score (nSPS) is 14.8. The Labute approximate surface area is 102 Å². The second-order valence-corrected chi connectivity index (χ2v) is 5.56. The van der Waals surface area contributed by atoms with Crippen molar-refractivity contribution in [1.29, 1.82) is 0 Å². The van der Waals surface area contributed by atoms with E-state index in [1.807, 2.05) is 6.92 Å². The molecule has 0 saturated carbocycles. The second kappa shape index (κ2) is 6.33. The van der Waals surface area contributed by atoms with Gasteiger partial charge in [0, 0.05) is 27.6 Å². The Morgan fingerprint density at radius 1 is 1.56 bits per heavy atom. The molecule has 0 spiro atoms. The molecule has 0 heterocycles. The summed E-state index contributed by atoms with van der Waals surface area (Å²) in [7, 11) is -1.10. The zero-order valence-corrected chi connectivity index (χ0v) is 10.7. The van der Waals surface area contributed by atoms with Gasteiger partial charge in [-0.25, -0.2) is 4.39 Å². The van der Waals surface area contributed by atoms with Crippen LogP contribution in [0, 0.1) is 5.82 Å². The highest BCUT2D eigenvalue weighted by atomic mass is 35.5. The van der Waals surface area contributed by atoms with E-state index in [-0.39, 0.29) is 17.6 Å². The average Bonchev–Trinajstić information content (AvgIpc) is 2.23. The van der Waals surface area contributed by atoms with Crippen molar-refractivity contribution < 1.29 is 8.60 Å². The molecule has 0 aromatic heterocycles. The van der Waals surface area contributed by atoms with E-state index in [1.165, 1.54) is 18.2 Å². The van der Waals surface area contributed by atoms with Gasteiger partial charge in [-0.05, 0) is 30.2 Å². The summed E-state index contributed by atoms with van der Waals surface area (Å²) in [5, 5.41) is 0.444. The van der Waals surface area contributed by atoms with Crippen LogP contribution in [0.15, 0.2) is 18.2 Å². The number of benzene rings is 1. The van der Waals surface area contributed by atoms with E-state index in [0.29, 0.717) is 16.3 Å². The minimum Gasteiger partial charge on any atom is -0.327 e. The van der Waals surface area contributed by atoms with Crippen LogP contribution in [0.25, 0.3) is 0 Å². The fourth-order valence-corrected chi connectivity index (χ4v) is 2.92. The van der Waals surface area contributed by atoms with Crippen molar-refractivity contribution in [2.24, 2.45) is 5.73 Å².